The summed E-state index contributed by atoms with van der Waals surface area (Å²) >= 11 is 0. The van der Waals surface area contributed by atoms with Crippen LogP contribution in [0.3, 0.4) is 0 Å². The average molecular weight is 366 g/mol. The van der Waals surface area contributed by atoms with Gasteiger partial charge in [0.15, 0.2) is 11.6 Å². The summed E-state index contributed by atoms with van der Waals surface area (Å²) in [6.45, 7) is 1.71. The van der Waals surface area contributed by atoms with Crippen LogP contribution in [0, 0.1) is 0 Å². The van der Waals surface area contributed by atoms with Gasteiger partial charge in [0.05, 0.1) is 31.7 Å². The number of methoxy groups -OCH3 is 1. The van der Waals surface area contributed by atoms with E-state index < -0.39 is 0 Å². The number of fused-ring (bicyclic) bond motifs is 1. The van der Waals surface area contributed by atoms with Crippen molar-refractivity contribution in [1.82, 2.24) is 24.6 Å². The molecule has 5 rings (SSSR count). The lowest BCUT2D eigenvalue weighted by molar-refractivity contribution is 0.164. The van der Waals surface area contributed by atoms with Gasteiger partial charge in [0.1, 0.15) is 11.6 Å². The monoisotopic (exact) mass is 366 g/mol. The van der Waals surface area contributed by atoms with E-state index in [4.69, 9.17) is 14.6 Å². The molecule has 8 nitrogen and oxygen atoms in total. The Morgan fingerprint density at radius 3 is 2.74 bits per heavy atom. The maximum atomic E-state index is 6.00. The van der Waals surface area contributed by atoms with E-state index in [0.717, 1.165) is 37.3 Å². The standard InChI is InChI=1S/C19H22N6O2/c1-26-15-10-21-19(22-11-15)27-14-3-2-7-24(12-14)18-17-9-16(13-4-5-13)23-25(17)8-6-20-18/h6,8-11,13-14H,2-5,7,12H2,1H3. The Morgan fingerprint density at radius 1 is 1.11 bits per heavy atom. The molecule has 3 aromatic heterocycles. The largest absolute Gasteiger partial charge is 0.494 e. The summed E-state index contributed by atoms with van der Waals surface area (Å²) in [4.78, 5) is 15.4. The molecule has 0 amide bonds. The lowest BCUT2D eigenvalue weighted by Crippen LogP contribution is -2.42. The molecule has 4 heterocycles. The summed E-state index contributed by atoms with van der Waals surface area (Å²) in [7, 11) is 1.59. The molecule has 0 N–H and O–H groups in total. The first kappa shape index (κ1) is 16.3. The van der Waals surface area contributed by atoms with Crippen LogP contribution in [0.1, 0.15) is 37.3 Å². The van der Waals surface area contributed by atoms with Crippen LogP contribution in [0.25, 0.3) is 5.52 Å². The number of rotatable bonds is 5. The molecule has 1 aliphatic heterocycles. The second-order valence-corrected chi connectivity index (χ2v) is 7.16. The number of hydrogen-bond acceptors (Lipinski definition) is 7. The number of nitrogens with zero attached hydrogens (tertiary/aromatic N) is 6. The Labute approximate surface area is 157 Å². The van der Waals surface area contributed by atoms with Crippen LogP contribution in [-0.4, -0.2) is 50.9 Å². The van der Waals surface area contributed by atoms with E-state index >= 15 is 0 Å². The Kier molecular flexibility index (Phi) is 4.03. The van der Waals surface area contributed by atoms with Gasteiger partial charge in [-0.25, -0.2) is 9.50 Å². The van der Waals surface area contributed by atoms with Crippen molar-refractivity contribution >= 4 is 11.3 Å². The molecule has 0 aromatic carbocycles. The van der Waals surface area contributed by atoms with Crippen molar-refractivity contribution in [2.45, 2.75) is 37.7 Å². The molecule has 1 saturated carbocycles. The summed E-state index contributed by atoms with van der Waals surface area (Å²) in [5.74, 6) is 2.22. The van der Waals surface area contributed by atoms with E-state index in [0.29, 0.717) is 17.7 Å². The van der Waals surface area contributed by atoms with Gasteiger partial charge >= 0.3 is 6.01 Å². The fraction of sp³-hybridized carbons (Fsp3) is 0.474. The molecular weight excluding hydrogens is 344 g/mol. The molecule has 2 aliphatic rings. The number of ether oxygens (including phenoxy) is 2. The second kappa shape index (κ2) is 6.68. The van der Waals surface area contributed by atoms with Crippen molar-refractivity contribution in [2.75, 3.05) is 25.1 Å². The zero-order chi connectivity index (χ0) is 18.2. The number of hydrogen-bond donors (Lipinski definition) is 0. The van der Waals surface area contributed by atoms with Gasteiger partial charge in [0, 0.05) is 24.9 Å². The third-order valence-electron chi connectivity index (χ3n) is 5.17. The van der Waals surface area contributed by atoms with Crippen molar-refractivity contribution in [3.8, 4) is 11.8 Å². The van der Waals surface area contributed by atoms with Gasteiger partial charge in [-0.1, -0.05) is 0 Å². The molecule has 27 heavy (non-hydrogen) atoms. The first-order valence-electron chi connectivity index (χ1n) is 9.42. The third kappa shape index (κ3) is 3.27. The van der Waals surface area contributed by atoms with E-state index in [1.807, 2.05) is 16.9 Å². The van der Waals surface area contributed by atoms with Crippen LogP contribution in [-0.2, 0) is 0 Å². The summed E-state index contributed by atoms with van der Waals surface area (Å²) in [5.41, 5.74) is 2.25. The zero-order valence-corrected chi connectivity index (χ0v) is 15.3. The minimum absolute atomic E-state index is 0.0278. The van der Waals surface area contributed by atoms with Gasteiger partial charge in [0.25, 0.3) is 0 Å². The fourth-order valence-electron chi connectivity index (χ4n) is 3.60. The van der Waals surface area contributed by atoms with E-state index in [2.05, 4.69) is 25.9 Å². The molecule has 0 spiro atoms. The second-order valence-electron chi connectivity index (χ2n) is 7.16. The van der Waals surface area contributed by atoms with Crippen molar-refractivity contribution in [1.29, 1.82) is 0 Å². The predicted molar refractivity (Wildman–Crippen MR) is 99.4 cm³/mol. The molecule has 2 fully saturated rings. The van der Waals surface area contributed by atoms with Crippen molar-refractivity contribution in [3.05, 3.63) is 36.5 Å². The van der Waals surface area contributed by atoms with Crippen molar-refractivity contribution < 1.29 is 9.47 Å². The molecule has 1 unspecified atom stereocenters. The Balaban J connectivity index is 1.35. The van der Waals surface area contributed by atoms with Gasteiger partial charge in [-0.3, -0.25) is 0 Å². The topological polar surface area (TPSA) is 77.7 Å². The number of piperidine rings is 1. The van der Waals surface area contributed by atoms with Crippen molar-refractivity contribution in [3.63, 3.8) is 0 Å². The van der Waals surface area contributed by atoms with Gasteiger partial charge in [-0.15, -0.1) is 0 Å². The summed E-state index contributed by atoms with van der Waals surface area (Å²) in [5, 5.41) is 4.72. The third-order valence-corrected chi connectivity index (χ3v) is 5.17. The molecule has 1 atom stereocenters. The minimum Gasteiger partial charge on any atom is -0.494 e. The first-order valence-corrected chi connectivity index (χ1v) is 9.42. The quantitative estimate of drug-likeness (QED) is 0.686. The summed E-state index contributed by atoms with van der Waals surface area (Å²) in [6, 6.07) is 2.58. The van der Waals surface area contributed by atoms with Crippen LogP contribution in [0.15, 0.2) is 30.9 Å². The van der Waals surface area contributed by atoms with E-state index in [1.54, 1.807) is 19.5 Å². The highest BCUT2D eigenvalue weighted by Crippen LogP contribution is 2.40. The van der Waals surface area contributed by atoms with Crippen LogP contribution in [0.5, 0.6) is 11.8 Å². The molecule has 140 valence electrons. The highest BCUT2D eigenvalue weighted by Gasteiger charge is 2.29. The van der Waals surface area contributed by atoms with Gasteiger partial charge in [-0.2, -0.15) is 15.1 Å². The molecule has 0 radical (unpaired) electrons. The highest BCUT2D eigenvalue weighted by molar-refractivity contribution is 5.69. The van der Waals surface area contributed by atoms with Crippen LogP contribution in [0.4, 0.5) is 5.82 Å². The Morgan fingerprint density at radius 2 is 1.96 bits per heavy atom. The molecule has 8 heteroatoms. The lowest BCUT2D eigenvalue weighted by Gasteiger charge is -2.33. The molecule has 0 bridgehead atoms. The van der Waals surface area contributed by atoms with Gasteiger partial charge in [0.2, 0.25) is 0 Å². The Bertz CT molecular complexity index is 937. The van der Waals surface area contributed by atoms with Crippen LogP contribution >= 0.6 is 0 Å². The molecule has 1 aliphatic carbocycles. The number of anilines is 1. The molecule has 1 saturated heterocycles. The van der Waals surface area contributed by atoms with Crippen molar-refractivity contribution in [2.24, 2.45) is 0 Å². The van der Waals surface area contributed by atoms with E-state index in [1.165, 1.54) is 18.5 Å². The number of aromatic nitrogens is 5. The molecule has 3 aromatic rings. The first-order chi connectivity index (χ1) is 13.3. The summed E-state index contributed by atoms with van der Waals surface area (Å²) < 4.78 is 13.0. The Hall–Kier alpha value is -2.90. The van der Waals surface area contributed by atoms with Crippen LogP contribution < -0.4 is 14.4 Å². The van der Waals surface area contributed by atoms with E-state index in [9.17, 15) is 0 Å². The van der Waals surface area contributed by atoms with Gasteiger partial charge in [-0.05, 0) is 31.7 Å². The normalized spacial score (nSPS) is 20.0. The maximum Gasteiger partial charge on any atom is 0.316 e. The highest BCUT2D eigenvalue weighted by atomic mass is 16.5. The van der Waals surface area contributed by atoms with Gasteiger partial charge < -0.3 is 14.4 Å². The molecular formula is C19H22N6O2. The SMILES string of the molecule is COc1cnc(OC2CCCN(c3nccn4nc(C5CC5)cc34)C2)nc1. The smallest absolute Gasteiger partial charge is 0.316 e. The lowest BCUT2D eigenvalue weighted by atomic mass is 10.1. The zero-order valence-electron chi connectivity index (χ0n) is 15.3. The predicted octanol–water partition coefficient (Wildman–Crippen LogP) is 2.45. The maximum absolute atomic E-state index is 6.00. The van der Waals surface area contributed by atoms with E-state index in [-0.39, 0.29) is 6.10 Å². The fourth-order valence-corrected chi connectivity index (χ4v) is 3.60. The summed E-state index contributed by atoms with van der Waals surface area (Å²) in [6.07, 6.45) is 11.5. The average Bonchev–Trinajstić information content (AvgIpc) is 3.47. The minimum atomic E-state index is 0.0278. The van der Waals surface area contributed by atoms with Crippen LogP contribution in [0.2, 0.25) is 0 Å².